The van der Waals surface area contributed by atoms with E-state index >= 15 is 0 Å². The Bertz CT molecular complexity index is 437. The smallest absolute Gasteiger partial charge is 0.362 e. The molecule has 1 aliphatic rings. The lowest BCUT2D eigenvalue weighted by Crippen LogP contribution is -2.13. The van der Waals surface area contributed by atoms with Gasteiger partial charge in [-0.05, 0) is 39.1 Å². The molecule has 0 aromatic carbocycles. The van der Waals surface area contributed by atoms with E-state index in [1.807, 2.05) is 19.1 Å². The quantitative estimate of drug-likeness (QED) is 0.336. The maximum Gasteiger partial charge on any atom is 0.362 e. The minimum atomic E-state index is -0.441. The van der Waals surface area contributed by atoms with Gasteiger partial charge in [0.15, 0.2) is 5.90 Å². The number of rotatable bonds is 7. The van der Waals surface area contributed by atoms with Crippen LogP contribution < -0.4 is 4.72 Å². The second-order valence-corrected chi connectivity index (χ2v) is 5.27. The molecule has 0 saturated heterocycles. The summed E-state index contributed by atoms with van der Waals surface area (Å²) in [5.41, 5.74) is 0.184. The second-order valence-electron chi connectivity index (χ2n) is 4.36. The highest BCUT2D eigenvalue weighted by atomic mass is 32.2. The molecule has 1 aliphatic heterocycles. The molecular formula is C14H20N2O2S. The molecular weight excluding hydrogens is 260 g/mol. The first-order chi connectivity index (χ1) is 9.02. The lowest BCUT2D eigenvalue weighted by molar-refractivity contribution is -0.130. The van der Waals surface area contributed by atoms with Gasteiger partial charge < -0.3 is 4.74 Å². The number of aliphatic imine (C=N–C) groups is 1. The predicted molar refractivity (Wildman–Crippen MR) is 80.7 cm³/mol. The second kappa shape index (κ2) is 7.96. The van der Waals surface area contributed by atoms with Gasteiger partial charge in [0.2, 0.25) is 0 Å². The molecule has 0 aromatic heterocycles. The van der Waals surface area contributed by atoms with Crippen LogP contribution in [0.4, 0.5) is 0 Å². The van der Waals surface area contributed by atoms with Gasteiger partial charge in [-0.25, -0.2) is 9.79 Å². The van der Waals surface area contributed by atoms with Crippen LogP contribution in [-0.2, 0) is 9.53 Å². The van der Waals surface area contributed by atoms with Crippen molar-refractivity contribution in [3.05, 3.63) is 35.4 Å². The largest absolute Gasteiger partial charge is 0.407 e. The summed E-state index contributed by atoms with van der Waals surface area (Å²) in [6.07, 6.45) is 7.51. The summed E-state index contributed by atoms with van der Waals surface area (Å²) >= 11 is 1.60. The van der Waals surface area contributed by atoms with Crippen LogP contribution in [-0.4, -0.2) is 17.9 Å². The molecule has 104 valence electrons. The zero-order chi connectivity index (χ0) is 14.3. The van der Waals surface area contributed by atoms with Crippen LogP contribution in [0.5, 0.6) is 0 Å². The number of ether oxygens (including phenoxy) is 1. The van der Waals surface area contributed by atoms with Crippen molar-refractivity contribution in [1.29, 1.82) is 0 Å². The van der Waals surface area contributed by atoms with Crippen LogP contribution in [0.3, 0.4) is 0 Å². The number of allylic oxidation sites excluding steroid dienone is 3. The van der Waals surface area contributed by atoms with E-state index in [1.165, 1.54) is 0 Å². The first-order valence-electron chi connectivity index (χ1n) is 6.26. The van der Waals surface area contributed by atoms with E-state index in [9.17, 15) is 4.79 Å². The van der Waals surface area contributed by atoms with Gasteiger partial charge in [0.1, 0.15) is 5.70 Å². The predicted octanol–water partition coefficient (Wildman–Crippen LogP) is 3.34. The van der Waals surface area contributed by atoms with E-state index in [0.29, 0.717) is 18.4 Å². The third kappa shape index (κ3) is 5.89. The van der Waals surface area contributed by atoms with E-state index in [2.05, 4.69) is 36.2 Å². The molecule has 0 spiro atoms. The van der Waals surface area contributed by atoms with Crippen molar-refractivity contribution in [3.8, 4) is 0 Å². The molecule has 0 radical (unpaired) electrons. The number of carbonyl (C=O) groups excluding carboxylic acids is 1. The summed E-state index contributed by atoms with van der Waals surface area (Å²) in [5.74, 6) is 0.0106. The lowest BCUT2D eigenvalue weighted by atomic mass is 10.3. The first kappa shape index (κ1) is 15.7. The zero-order valence-corrected chi connectivity index (χ0v) is 12.4. The highest BCUT2D eigenvalue weighted by Crippen LogP contribution is 2.17. The van der Waals surface area contributed by atoms with Crippen molar-refractivity contribution >= 4 is 23.8 Å². The van der Waals surface area contributed by atoms with Crippen molar-refractivity contribution in [1.82, 2.24) is 4.72 Å². The molecule has 0 aromatic rings. The van der Waals surface area contributed by atoms with Gasteiger partial charge in [-0.2, -0.15) is 0 Å². The molecule has 0 unspecified atom stereocenters. The summed E-state index contributed by atoms with van der Waals surface area (Å²) in [6, 6.07) is 0.419. The van der Waals surface area contributed by atoms with Crippen molar-refractivity contribution in [2.24, 2.45) is 4.99 Å². The number of nitrogens with zero attached hydrogens (tertiary/aromatic N) is 1. The fourth-order valence-corrected chi connectivity index (χ4v) is 2.10. The number of hydrogen-bond donors (Lipinski definition) is 1. The Balaban J connectivity index is 2.45. The minimum Gasteiger partial charge on any atom is -0.407 e. The Kier molecular flexibility index (Phi) is 6.59. The van der Waals surface area contributed by atoms with Crippen LogP contribution in [0.15, 0.2) is 40.4 Å². The summed E-state index contributed by atoms with van der Waals surface area (Å²) in [5, 5.41) is 0. The van der Waals surface area contributed by atoms with Gasteiger partial charge in [0, 0.05) is 17.4 Å². The van der Waals surface area contributed by atoms with Crippen LogP contribution in [0.2, 0.25) is 0 Å². The molecule has 0 amide bonds. The Morgan fingerprint density at radius 2 is 2.32 bits per heavy atom. The molecule has 0 fully saturated rings. The van der Waals surface area contributed by atoms with Crippen molar-refractivity contribution in [2.45, 2.75) is 39.7 Å². The highest BCUT2D eigenvalue weighted by Gasteiger charge is 2.19. The molecule has 1 rings (SSSR count). The molecule has 1 N–H and O–H groups in total. The summed E-state index contributed by atoms with van der Waals surface area (Å²) in [7, 11) is 0. The van der Waals surface area contributed by atoms with E-state index < -0.39 is 5.97 Å². The third-order valence-corrected chi connectivity index (χ3v) is 3.28. The fraction of sp³-hybridized carbons (Fsp3) is 0.429. The van der Waals surface area contributed by atoms with E-state index in [4.69, 9.17) is 4.74 Å². The SMILES string of the molecule is C=C1N=C(CC/C=C(\C=C/C)SNC(C)C)OC1=O. The van der Waals surface area contributed by atoms with Gasteiger partial charge in [-0.3, -0.25) is 4.72 Å². The van der Waals surface area contributed by atoms with E-state index in [1.54, 1.807) is 11.9 Å². The zero-order valence-electron chi connectivity index (χ0n) is 11.6. The average Bonchev–Trinajstić information content (AvgIpc) is 2.65. The Hall–Kier alpha value is -1.33. The lowest BCUT2D eigenvalue weighted by Gasteiger charge is -2.07. The van der Waals surface area contributed by atoms with Gasteiger partial charge >= 0.3 is 5.97 Å². The number of cyclic esters (lactones) is 1. The molecule has 0 atom stereocenters. The first-order valence-corrected chi connectivity index (χ1v) is 7.08. The van der Waals surface area contributed by atoms with Crippen molar-refractivity contribution in [3.63, 3.8) is 0 Å². The van der Waals surface area contributed by atoms with Crippen LogP contribution in [0.1, 0.15) is 33.6 Å². The number of hydrogen-bond acceptors (Lipinski definition) is 5. The number of esters is 1. The van der Waals surface area contributed by atoms with E-state index in [0.717, 1.165) is 11.3 Å². The summed E-state index contributed by atoms with van der Waals surface area (Å²) < 4.78 is 8.25. The highest BCUT2D eigenvalue weighted by molar-refractivity contribution is 8.01. The minimum absolute atomic E-state index is 0.184. The maximum atomic E-state index is 11.1. The van der Waals surface area contributed by atoms with E-state index in [-0.39, 0.29) is 5.70 Å². The molecule has 19 heavy (non-hydrogen) atoms. The van der Waals surface area contributed by atoms with Gasteiger partial charge in [-0.1, -0.05) is 24.8 Å². The summed E-state index contributed by atoms with van der Waals surface area (Å²) in [6.45, 7) is 9.68. The van der Waals surface area contributed by atoms with Gasteiger partial charge in [0.05, 0.1) is 0 Å². The number of nitrogens with one attached hydrogen (secondary N) is 1. The maximum absolute atomic E-state index is 11.1. The Labute approximate surface area is 118 Å². The average molecular weight is 280 g/mol. The van der Waals surface area contributed by atoms with Crippen LogP contribution in [0, 0.1) is 0 Å². The fourth-order valence-electron chi connectivity index (χ4n) is 1.32. The van der Waals surface area contributed by atoms with Gasteiger partial charge in [-0.15, -0.1) is 0 Å². The standard InChI is InChI=1S/C14H20N2O2S/c1-5-7-12(19-16-10(2)3)8-6-9-13-15-11(4)14(17)18-13/h5,7-8,10,16H,4,6,9H2,1-3H3/b7-5-,12-8+. The number of carbonyl (C=O) groups is 1. The summed E-state index contributed by atoms with van der Waals surface area (Å²) in [4.78, 5) is 16.2. The molecule has 5 heteroatoms. The van der Waals surface area contributed by atoms with Gasteiger partial charge in [0.25, 0.3) is 0 Å². The van der Waals surface area contributed by atoms with Crippen molar-refractivity contribution < 1.29 is 9.53 Å². The topological polar surface area (TPSA) is 50.7 Å². The Morgan fingerprint density at radius 3 is 2.84 bits per heavy atom. The molecule has 0 aliphatic carbocycles. The normalized spacial score (nSPS) is 16.4. The van der Waals surface area contributed by atoms with Crippen LogP contribution in [0.25, 0.3) is 0 Å². The Morgan fingerprint density at radius 1 is 1.58 bits per heavy atom. The molecule has 4 nitrogen and oxygen atoms in total. The molecule has 1 heterocycles. The van der Waals surface area contributed by atoms with Crippen molar-refractivity contribution in [2.75, 3.05) is 0 Å². The molecule has 0 bridgehead atoms. The van der Waals surface area contributed by atoms with Crippen LogP contribution >= 0.6 is 11.9 Å². The molecule has 0 saturated carbocycles. The third-order valence-electron chi connectivity index (χ3n) is 2.15. The monoisotopic (exact) mass is 280 g/mol.